The number of rotatable bonds is 2. The summed E-state index contributed by atoms with van der Waals surface area (Å²) in [6.07, 6.45) is 0. The van der Waals surface area contributed by atoms with Gasteiger partial charge in [0.25, 0.3) is 0 Å². The van der Waals surface area contributed by atoms with Crippen LogP contribution in [0.1, 0.15) is 5.56 Å². The fourth-order valence-electron chi connectivity index (χ4n) is 1.54. The molecule has 0 aliphatic rings. The molecule has 0 radical (unpaired) electrons. The van der Waals surface area contributed by atoms with E-state index >= 15 is 0 Å². The van der Waals surface area contributed by atoms with E-state index in [1.807, 2.05) is 25.1 Å². The largest absolute Gasteiger partial charge is 0.397 e. The normalized spacial score (nSPS) is 10.4. The van der Waals surface area contributed by atoms with Crippen molar-refractivity contribution in [3.63, 3.8) is 0 Å². The van der Waals surface area contributed by atoms with Gasteiger partial charge in [0.1, 0.15) is 5.82 Å². The number of benzene rings is 2. The van der Waals surface area contributed by atoms with Gasteiger partial charge in [-0.25, -0.2) is 4.39 Å². The molecule has 0 heterocycles. The molecule has 0 spiro atoms. The minimum Gasteiger partial charge on any atom is -0.397 e. The van der Waals surface area contributed by atoms with Crippen molar-refractivity contribution >= 4 is 44.6 Å². The van der Waals surface area contributed by atoms with Crippen LogP contribution in [-0.2, 0) is 0 Å². The highest BCUT2D eigenvalue weighted by Gasteiger charge is 2.08. The Morgan fingerprint density at radius 3 is 2.67 bits per heavy atom. The van der Waals surface area contributed by atoms with E-state index in [1.54, 1.807) is 0 Å². The van der Waals surface area contributed by atoms with Crippen LogP contribution in [0.25, 0.3) is 0 Å². The molecular weight excluding hydrogens is 319 g/mol. The molecule has 2 aromatic rings. The zero-order valence-electron chi connectivity index (χ0n) is 9.60. The molecular formula is C13H11BrClFN2. The van der Waals surface area contributed by atoms with E-state index in [1.165, 1.54) is 12.1 Å². The van der Waals surface area contributed by atoms with Crippen LogP contribution >= 0.6 is 27.5 Å². The summed E-state index contributed by atoms with van der Waals surface area (Å²) in [5.41, 5.74) is 8.60. The average molecular weight is 330 g/mol. The summed E-state index contributed by atoms with van der Waals surface area (Å²) in [6.45, 7) is 1.96. The fourth-order valence-corrected chi connectivity index (χ4v) is 2.08. The summed E-state index contributed by atoms with van der Waals surface area (Å²) in [5.74, 6) is -0.499. The second kappa shape index (κ2) is 5.16. The lowest BCUT2D eigenvalue weighted by atomic mass is 10.2. The Morgan fingerprint density at radius 2 is 1.94 bits per heavy atom. The molecule has 0 saturated carbocycles. The number of nitrogen functional groups attached to an aromatic ring is 1. The Hall–Kier alpha value is -1.26. The van der Waals surface area contributed by atoms with Crippen LogP contribution in [0.4, 0.5) is 21.5 Å². The molecule has 3 N–H and O–H groups in total. The smallest absolute Gasteiger partial charge is 0.144 e. The van der Waals surface area contributed by atoms with Gasteiger partial charge >= 0.3 is 0 Å². The minimum atomic E-state index is -0.499. The lowest BCUT2D eigenvalue weighted by Gasteiger charge is -2.12. The van der Waals surface area contributed by atoms with Crippen molar-refractivity contribution in [3.8, 4) is 0 Å². The maximum atomic E-state index is 13.4. The predicted molar refractivity (Wildman–Crippen MR) is 78.0 cm³/mol. The lowest BCUT2D eigenvalue weighted by Crippen LogP contribution is -1.99. The van der Waals surface area contributed by atoms with Crippen LogP contribution in [0, 0.1) is 12.7 Å². The van der Waals surface area contributed by atoms with Crippen LogP contribution in [0.3, 0.4) is 0 Å². The molecule has 0 atom stereocenters. The summed E-state index contributed by atoms with van der Waals surface area (Å²) in [5, 5.41) is 3.11. The Bertz CT molecular complexity index is 602. The maximum Gasteiger partial charge on any atom is 0.144 e. The molecule has 0 saturated heterocycles. The van der Waals surface area contributed by atoms with Gasteiger partial charge in [0.2, 0.25) is 0 Å². The zero-order valence-corrected chi connectivity index (χ0v) is 11.9. The van der Waals surface area contributed by atoms with E-state index in [9.17, 15) is 4.39 Å². The highest BCUT2D eigenvalue weighted by atomic mass is 79.9. The summed E-state index contributed by atoms with van der Waals surface area (Å²) < 4.78 is 14.3. The van der Waals surface area contributed by atoms with E-state index in [0.29, 0.717) is 11.4 Å². The van der Waals surface area contributed by atoms with Gasteiger partial charge in [-0.2, -0.15) is 0 Å². The Kier molecular flexibility index (Phi) is 3.78. The fraction of sp³-hybridized carbons (Fsp3) is 0.0769. The van der Waals surface area contributed by atoms with Gasteiger partial charge in [0.15, 0.2) is 0 Å². The molecule has 0 amide bonds. The summed E-state index contributed by atoms with van der Waals surface area (Å²) in [6, 6.07) is 8.48. The maximum absolute atomic E-state index is 13.4. The minimum absolute atomic E-state index is 0.0176. The van der Waals surface area contributed by atoms with Gasteiger partial charge in [-0.15, -0.1) is 0 Å². The van der Waals surface area contributed by atoms with Gasteiger partial charge < -0.3 is 11.1 Å². The molecule has 18 heavy (non-hydrogen) atoms. The van der Waals surface area contributed by atoms with Gasteiger partial charge in [0, 0.05) is 16.2 Å². The summed E-state index contributed by atoms with van der Waals surface area (Å²) in [4.78, 5) is 0. The molecule has 0 unspecified atom stereocenters. The quantitative estimate of drug-likeness (QED) is 0.771. The average Bonchev–Trinajstić information content (AvgIpc) is 2.30. The van der Waals surface area contributed by atoms with Gasteiger partial charge in [-0.05, 0) is 30.7 Å². The molecule has 0 aliphatic heterocycles. The lowest BCUT2D eigenvalue weighted by molar-refractivity contribution is 0.629. The monoisotopic (exact) mass is 328 g/mol. The van der Waals surface area contributed by atoms with Crippen LogP contribution in [0.15, 0.2) is 34.8 Å². The van der Waals surface area contributed by atoms with E-state index in [4.69, 9.17) is 17.3 Å². The Balaban J connectivity index is 2.40. The number of nitrogens with two attached hydrogens (primary N) is 1. The third kappa shape index (κ3) is 2.76. The predicted octanol–water partition coefficient (Wildman–Crippen LogP) is 4.88. The molecule has 94 valence electrons. The third-order valence-corrected chi connectivity index (χ3v) is 3.34. The van der Waals surface area contributed by atoms with Gasteiger partial charge in [-0.3, -0.25) is 0 Å². The van der Waals surface area contributed by atoms with Crippen LogP contribution in [0.2, 0.25) is 5.02 Å². The molecule has 2 rings (SSSR count). The molecule has 2 nitrogen and oxygen atoms in total. The van der Waals surface area contributed by atoms with E-state index in [2.05, 4.69) is 21.2 Å². The first-order valence-electron chi connectivity index (χ1n) is 5.25. The van der Waals surface area contributed by atoms with Crippen LogP contribution < -0.4 is 11.1 Å². The molecule has 0 bridgehead atoms. The first-order valence-corrected chi connectivity index (χ1v) is 6.42. The van der Waals surface area contributed by atoms with Crippen molar-refractivity contribution in [1.29, 1.82) is 0 Å². The molecule has 5 heteroatoms. The number of anilines is 3. The number of aryl methyl sites for hydroxylation is 1. The second-order valence-electron chi connectivity index (χ2n) is 3.94. The van der Waals surface area contributed by atoms with Crippen molar-refractivity contribution in [2.45, 2.75) is 6.92 Å². The molecule has 0 fully saturated rings. The molecule has 0 aromatic heterocycles. The Labute approximate surface area is 118 Å². The second-order valence-corrected chi connectivity index (χ2v) is 5.26. The van der Waals surface area contributed by atoms with E-state index in [-0.39, 0.29) is 5.02 Å². The van der Waals surface area contributed by atoms with Crippen LogP contribution in [0.5, 0.6) is 0 Å². The van der Waals surface area contributed by atoms with Gasteiger partial charge in [0.05, 0.1) is 16.4 Å². The topological polar surface area (TPSA) is 38.0 Å². The van der Waals surface area contributed by atoms with Crippen molar-refractivity contribution in [3.05, 3.63) is 51.2 Å². The molecule has 0 aliphatic carbocycles. The highest BCUT2D eigenvalue weighted by Crippen LogP contribution is 2.30. The highest BCUT2D eigenvalue weighted by molar-refractivity contribution is 9.10. The Morgan fingerprint density at radius 1 is 1.22 bits per heavy atom. The number of halogens is 3. The summed E-state index contributed by atoms with van der Waals surface area (Å²) >= 11 is 9.04. The van der Waals surface area contributed by atoms with Crippen molar-refractivity contribution < 1.29 is 4.39 Å². The van der Waals surface area contributed by atoms with Gasteiger partial charge in [-0.1, -0.05) is 33.6 Å². The zero-order chi connectivity index (χ0) is 13.3. The van der Waals surface area contributed by atoms with E-state index in [0.717, 1.165) is 15.7 Å². The molecule has 2 aromatic carbocycles. The third-order valence-electron chi connectivity index (χ3n) is 2.56. The van der Waals surface area contributed by atoms with Crippen molar-refractivity contribution in [1.82, 2.24) is 0 Å². The summed E-state index contributed by atoms with van der Waals surface area (Å²) in [7, 11) is 0. The van der Waals surface area contributed by atoms with Crippen molar-refractivity contribution in [2.75, 3.05) is 11.1 Å². The van der Waals surface area contributed by atoms with E-state index < -0.39 is 5.82 Å². The standard InChI is InChI=1S/C13H11BrClFN2/c1-7-2-3-8(14)4-12(7)18-13-6-10(16)9(15)5-11(13)17/h2-6,18H,17H2,1H3. The van der Waals surface area contributed by atoms with Crippen molar-refractivity contribution in [2.24, 2.45) is 0 Å². The number of hydrogen-bond acceptors (Lipinski definition) is 2. The first-order chi connectivity index (χ1) is 8.47. The SMILES string of the molecule is Cc1ccc(Br)cc1Nc1cc(F)c(Cl)cc1N. The number of hydrogen-bond donors (Lipinski definition) is 2. The number of nitrogens with one attached hydrogen (secondary N) is 1. The van der Waals surface area contributed by atoms with Crippen LogP contribution in [-0.4, -0.2) is 0 Å². The first kappa shape index (κ1) is 13.2.